The van der Waals surface area contributed by atoms with Gasteiger partial charge in [-0.3, -0.25) is 14.5 Å². The van der Waals surface area contributed by atoms with Crippen LogP contribution < -0.4 is 15.5 Å². The van der Waals surface area contributed by atoms with E-state index in [9.17, 15) is 18.4 Å². The molecule has 286 valence electrons. The van der Waals surface area contributed by atoms with Crippen molar-refractivity contribution in [2.45, 2.75) is 128 Å². The third kappa shape index (κ3) is 5.84. The van der Waals surface area contributed by atoms with E-state index >= 15 is 8.78 Å². The van der Waals surface area contributed by atoms with E-state index in [2.05, 4.69) is 27.4 Å². The maximum atomic E-state index is 15.7. The number of pyridine rings is 1. The van der Waals surface area contributed by atoms with Crippen LogP contribution in [0.15, 0.2) is 36.7 Å². The molecular formula is C41H47F4N7O2. The Kier molecular flexibility index (Phi) is 8.82. The first-order chi connectivity index (χ1) is 25.6. The lowest BCUT2D eigenvalue weighted by Gasteiger charge is -2.50. The van der Waals surface area contributed by atoms with Gasteiger partial charge >= 0.3 is 0 Å². The monoisotopic (exact) mass is 745 g/mol. The predicted molar refractivity (Wildman–Crippen MR) is 201 cm³/mol. The van der Waals surface area contributed by atoms with Crippen LogP contribution in [0.1, 0.15) is 107 Å². The molecule has 0 bridgehead atoms. The number of benzene rings is 2. The van der Waals surface area contributed by atoms with Gasteiger partial charge in [0.1, 0.15) is 11.1 Å². The Balaban J connectivity index is 1.16. The first-order valence-corrected chi connectivity index (χ1v) is 19.1. The lowest BCUT2D eigenvalue weighted by atomic mass is 9.81. The minimum Gasteiger partial charge on any atom is -0.341 e. The van der Waals surface area contributed by atoms with Gasteiger partial charge in [-0.1, -0.05) is 18.6 Å². The van der Waals surface area contributed by atoms with Gasteiger partial charge in [0.15, 0.2) is 17.5 Å². The van der Waals surface area contributed by atoms with Gasteiger partial charge in [-0.15, -0.1) is 0 Å². The molecule has 2 aromatic heterocycles. The lowest BCUT2D eigenvalue weighted by Crippen LogP contribution is -2.58. The molecule has 2 aliphatic carbocycles. The Morgan fingerprint density at radius 3 is 2.43 bits per heavy atom. The van der Waals surface area contributed by atoms with E-state index < -0.39 is 34.9 Å². The van der Waals surface area contributed by atoms with Crippen LogP contribution in [-0.2, 0) is 10.2 Å². The molecule has 13 heteroatoms. The van der Waals surface area contributed by atoms with Crippen LogP contribution in [0, 0.1) is 18.6 Å². The minimum atomic E-state index is -2.79. The summed E-state index contributed by atoms with van der Waals surface area (Å²) in [4.78, 5) is 41.4. The summed E-state index contributed by atoms with van der Waals surface area (Å²) in [5.41, 5.74) is 0.782. The number of alkyl halides is 2. The molecule has 1 saturated heterocycles. The highest BCUT2D eigenvalue weighted by Crippen LogP contribution is 2.48. The van der Waals surface area contributed by atoms with E-state index in [1.165, 1.54) is 26.2 Å². The minimum absolute atomic E-state index is 0.0732. The standard InChI is InChI=1S/C41H47F4N7O2/c1-21(2)51-20-46-31-19-29(47-36(35(31)51)48-30-18-27(23(4)33(42)34(30)43)37(53)49-41(12-13-41)38(44)45)24-10-11-28-32(15-24)52(39(54)40(28,5)6)26-16-25(17-26)50-14-8-7-9-22(50)3/h10-11,15,18-22,25-26,38H,7-9,12-14,16-17H2,1-6H3,(H,47,48)(H,49,53)/t22-,25-,26+/m0/s1. The second-order valence-corrected chi connectivity index (χ2v) is 16.6. The fourth-order valence-electron chi connectivity index (χ4n) is 8.69. The van der Waals surface area contributed by atoms with Crippen molar-refractivity contribution in [2.75, 3.05) is 16.8 Å². The van der Waals surface area contributed by atoms with E-state index in [4.69, 9.17) is 4.98 Å². The van der Waals surface area contributed by atoms with E-state index in [0.29, 0.717) is 34.4 Å². The van der Waals surface area contributed by atoms with Gasteiger partial charge in [0, 0.05) is 46.5 Å². The van der Waals surface area contributed by atoms with Gasteiger partial charge in [0.2, 0.25) is 5.91 Å². The number of hydrogen-bond acceptors (Lipinski definition) is 6. The van der Waals surface area contributed by atoms with Crippen molar-refractivity contribution in [1.82, 2.24) is 24.8 Å². The zero-order valence-corrected chi connectivity index (χ0v) is 31.6. The molecule has 9 nitrogen and oxygen atoms in total. The number of piperidine rings is 1. The molecule has 3 fully saturated rings. The summed E-state index contributed by atoms with van der Waals surface area (Å²) in [7, 11) is 0. The molecule has 2 amide bonds. The molecule has 4 aromatic rings. The molecule has 0 unspecified atom stereocenters. The summed E-state index contributed by atoms with van der Waals surface area (Å²) in [6.45, 7) is 12.5. The Morgan fingerprint density at radius 2 is 1.76 bits per heavy atom. The third-order valence-electron chi connectivity index (χ3n) is 12.4. The number of nitrogens with one attached hydrogen (secondary N) is 2. The van der Waals surface area contributed by atoms with Crippen molar-refractivity contribution < 1.29 is 27.2 Å². The third-order valence-corrected chi connectivity index (χ3v) is 12.4. The Hall–Kier alpha value is -4.52. The smallest absolute Gasteiger partial charge is 0.261 e. The van der Waals surface area contributed by atoms with E-state index in [1.54, 1.807) is 6.33 Å². The van der Waals surface area contributed by atoms with E-state index in [1.807, 2.05) is 61.4 Å². The number of carbonyl (C=O) groups excluding carboxylic acids is 2. The van der Waals surface area contributed by atoms with Gasteiger partial charge in [0.25, 0.3) is 12.3 Å². The Bertz CT molecular complexity index is 2170. The zero-order valence-electron chi connectivity index (χ0n) is 31.6. The SMILES string of the molecule is Cc1c(C(=O)NC2(C(F)F)CC2)cc(Nc2nc(-c3ccc4c(c3)N([C@H]3C[C@@H](N5CCCC[C@@H]5C)C3)C(=O)C4(C)C)cc3ncn(C(C)C)c23)c(F)c1F. The van der Waals surface area contributed by atoms with Crippen LogP contribution >= 0.6 is 0 Å². The van der Waals surface area contributed by atoms with Gasteiger partial charge < -0.3 is 20.1 Å². The van der Waals surface area contributed by atoms with E-state index in [0.717, 1.165) is 36.7 Å². The highest BCUT2D eigenvalue weighted by Gasteiger charge is 2.53. The average molecular weight is 746 g/mol. The number of hydrogen-bond donors (Lipinski definition) is 2. The summed E-state index contributed by atoms with van der Waals surface area (Å²) in [6, 6.07) is 9.86. The first kappa shape index (κ1) is 36.5. The summed E-state index contributed by atoms with van der Waals surface area (Å²) in [5, 5.41) is 5.29. The lowest BCUT2D eigenvalue weighted by molar-refractivity contribution is -0.123. The molecule has 1 atom stereocenters. The number of halogens is 4. The maximum Gasteiger partial charge on any atom is 0.261 e. The number of nitrogens with zero attached hydrogens (tertiary/aromatic N) is 5. The largest absolute Gasteiger partial charge is 0.341 e. The number of anilines is 3. The van der Waals surface area contributed by atoms with Crippen LogP contribution in [0.5, 0.6) is 0 Å². The Labute approximate surface area is 312 Å². The number of likely N-dealkylation sites (tertiary alicyclic amines) is 1. The van der Waals surface area contributed by atoms with Crippen molar-refractivity contribution in [3.05, 3.63) is 65.0 Å². The van der Waals surface area contributed by atoms with Crippen molar-refractivity contribution in [3.8, 4) is 11.3 Å². The molecule has 0 radical (unpaired) electrons. The van der Waals surface area contributed by atoms with Crippen LogP contribution in [-0.4, -0.2) is 67.9 Å². The quantitative estimate of drug-likeness (QED) is 0.167. The second-order valence-electron chi connectivity index (χ2n) is 16.6. The van der Waals surface area contributed by atoms with Crippen molar-refractivity contribution >= 4 is 40.0 Å². The molecular weight excluding hydrogens is 698 g/mol. The van der Waals surface area contributed by atoms with Crippen LogP contribution in [0.25, 0.3) is 22.3 Å². The van der Waals surface area contributed by atoms with Gasteiger partial charge in [-0.25, -0.2) is 27.5 Å². The fourth-order valence-corrected chi connectivity index (χ4v) is 8.69. The zero-order chi connectivity index (χ0) is 38.4. The summed E-state index contributed by atoms with van der Waals surface area (Å²) < 4.78 is 60.3. The van der Waals surface area contributed by atoms with Crippen molar-refractivity contribution in [3.63, 3.8) is 0 Å². The van der Waals surface area contributed by atoms with Gasteiger partial charge in [-0.05, 0) is 110 Å². The second kappa shape index (κ2) is 13.1. The number of rotatable bonds is 9. The fraction of sp³-hybridized carbons (Fsp3) is 0.512. The molecule has 0 spiro atoms. The number of aromatic nitrogens is 3. The Morgan fingerprint density at radius 1 is 1.02 bits per heavy atom. The number of amides is 2. The highest BCUT2D eigenvalue weighted by atomic mass is 19.3. The maximum absolute atomic E-state index is 15.7. The average Bonchev–Trinajstić information content (AvgIpc) is 3.72. The first-order valence-electron chi connectivity index (χ1n) is 19.1. The van der Waals surface area contributed by atoms with Crippen molar-refractivity contribution in [2.24, 2.45) is 0 Å². The molecule has 2 aromatic carbocycles. The molecule has 2 saturated carbocycles. The number of carbonyl (C=O) groups is 2. The molecule has 4 heterocycles. The highest BCUT2D eigenvalue weighted by molar-refractivity contribution is 6.09. The molecule has 2 N–H and O–H groups in total. The van der Waals surface area contributed by atoms with Crippen LogP contribution in [0.3, 0.4) is 0 Å². The van der Waals surface area contributed by atoms with Gasteiger partial charge in [0.05, 0.1) is 28.6 Å². The topological polar surface area (TPSA) is 95.4 Å². The number of fused-ring (bicyclic) bond motifs is 2. The molecule has 2 aliphatic heterocycles. The van der Waals surface area contributed by atoms with Crippen LogP contribution in [0.2, 0.25) is 0 Å². The summed E-state index contributed by atoms with van der Waals surface area (Å²) >= 11 is 0. The van der Waals surface area contributed by atoms with Crippen LogP contribution in [0.4, 0.5) is 34.8 Å². The van der Waals surface area contributed by atoms with Gasteiger partial charge in [-0.2, -0.15) is 0 Å². The molecule has 8 rings (SSSR count). The normalized spacial score (nSPS) is 23.2. The predicted octanol–water partition coefficient (Wildman–Crippen LogP) is 8.57. The number of imidazole rings is 1. The summed E-state index contributed by atoms with van der Waals surface area (Å²) in [6.07, 6.45) is 4.58. The van der Waals surface area contributed by atoms with Crippen molar-refractivity contribution in [1.29, 1.82) is 0 Å². The molecule has 54 heavy (non-hydrogen) atoms. The van der Waals surface area contributed by atoms with E-state index in [-0.39, 0.29) is 53.5 Å². The molecule has 4 aliphatic rings. The summed E-state index contributed by atoms with van der Waals surface area (Å²) in [5.74, 6) is -3.17.